The van der Waals surface area contributed by atoms with Gasteiger partial charge >= 0.3 is 29.7 Å². The normalized spacial score (nSPS) is 13.6. The summed E-state index contributed by atoms with van der Waals surface area (Å²) in [5.41, 5.74) is 12.2. The van der Waals surface area contributed by atoms with Crippen molar-refractivity contribution in [3.05, 3.63) is 48.0 Å². The number of thiophene rings is 1. The van der Waals surface area contributed by atoms with Crippen molar-refractivity contribution < 1.29 is 54.1 Å². The van der Waals surface area contributed by atoms with E-state index >= 15 is 0 Å². The molecule has 256 valence electrons. The third kappa shape index (κ3) is 8.21. The molecular weight excluding hydrogens is 648 g/mol. The number of ether oxygens (including phenoxy) is 3. The van der Waals surface area contributed by atoms with Gasteiger partial charge < -0.3 is 25.7 Å². The zero-order valence-corrected chi connectivity index (χ0v) is 26.0. The zero-order chi connectivity index (χ0) is 34.3. The third-order valence-corrected chi connectivity index (χ3v) is 8.44. The minimum absolute atomic E-state index is 0.0205. The van der Waals surface area contributed by atoms with Crippen LogP contribution in [0.25, 0.3) is 20.5 Å². The number of carbonyl (C=O) groups is 1. The molecule has 0 saturated heterocycles. The molecule has 46 heavy (non-hydrogen) atoms. The number of fused-ring (bicyclic) bond motifs is 1. The highest BCUT2D eigenvalue weighted by Gasteiger charge is 2.79. The van der Waals surface area contributed by atoms with E-state index in [1.54, 1.807) is 13.2 Å². The fourth-order valence-corrected chi connectivity index (χ4v) is 5.58. The second kappa shape index (κ2) is 15.2. The average Bonchev–Trinajstić information content (AvgIpc) is 3.43. The number of methoxy groups -OCH3 is 1. The Morgan fingerprint density at radius 3 is 2.15 bits per heavy atom. The summed E-state index contributed by atoms with van der Waals surface area (Å²) in [5, 5.41) is 0.760. The van der Waals surface area contributed by atoms with Crippen LogP contribution < -0.4 is 20.9 Å². The van der Waals surface area contributed by atoms with Crippen LogP contribution in [0.15, 0.2) is 42.5 Å². The summed E-state index contributed by atoms with van der Waals surface area (Å²) in [6, 6.07) is 10.8. The summed E-state index contributed by atoms with van der Waals surface area (Å²) in [7, 11) is 1.56. The number of alkyl halides is 8. The molecule has 15 heteroatoms. The number of carbonyl (C=O) groups excluding carboxylic acids is 1. The minimum Gasteiger partial charge on any atom is -0.496 e. The molecule has 6 nitrogen and oxygen atoms in total. The molecular formula is C31H36F8N2O4S. The lowest BCUT2D eigenvalue weighted by atomic mass is 9.95. The second-order valence-corrected chi connectivity index (χ2v) is 11.8. The van der Waals surface area contributed by atoms with Crippen LogP contribution in [0, 0.1) is 0 Å². The van der Waals surface area contributed by atoms with Crippen LogP contribution in [0.3, 0.4) is 0 Å². The number of rotatable bonds is 18. The van der Waals surface area contributed by atoms with Gasteiger partial charge in [0.05, 0.1) is 33.2 Å². The van der Waals surface area contributed by atoms with Gasteiger partial charge in [0.1, 0.15) is 17.5 Å². The molecule has 1 atom stereocenters. The molecule has 3 aromatic rings. The monoisotopic (exact) mass is 684 g/mol. The molecule has 0 amide bonds. The lowest BCUT2D eigenvalue weighted by molar-refractivity contribution is -0.369. The molecule has 1 heterocycles. The van der Waals surface area contributed by atoms with Crippen LogP contribution in [-0.4, -0.2) is 62.6 Å². The van der Waals surface area contributed by atoms with Crippen molar-refractivity contribution in [2.24, 2.45) is 11.5 Å². The Bertz CT molecular complexity index is 1470. The van der Waals surface area contributed by atoms with Gasteiger partial charge in [0.15, 0.2) is 0 Å². The number of unbranched alkanes of at least 4 members (excludes halogenated alkanes) is 2. The Kier molecular flexibility index (Phi) is 12.3. The van der Waals surface area contributed by atoms with E-state index < -0.39 is 68.3 Å². The molecule has 0 spiro atoms. The van der Waals surface area contributed by atoms with E-state index in [2.05, 4.69) is 11.7 Å². The molecule has 0 radical (unpaired) electrons. The smallest absolute Gasteiger partial charge is 0.378 e. The predicted molar refractivity (Wildman–Crippen MR) is 160 cm³/mol. The largest absolute Gasteiger partial charge is 0.496 e. The Morgan fingerprint density at radius 2 is 1.54 bits per heavy atom. The molecule has 0 aliphatic rings. The van der Waals surface area contributed by atoms with Crippen molar-refractivity contribution in [3.8, 4) is 21.9 Å². The molecule has 2 aromatic carbocycles. The summed E-state index contributed by atoms with van der Waals surface area (Å²) in [5.74, 6) is -25.0. The summed E-state index contributed by atoms with van der Waals surface area (Å²) >= 11 is 1.33. The van der Waals surface area contributed by atoms with Crippen LogP contribution in [0.4, 0.5) is 35.1 Å². The third-order valence-electron chi connectivity index (χ3n) is 7.31. The van der Waals surface area contributed by atoms with Gasteiger partial charge in [-0.15, -0.1) is 11.3 Å². The number of hydrogen-bond donors (Lipinski definition) is 2. The van der Waals surface area contributed by atoms with Gasteiger partial charge in [-0.3, -0.25) is 4.79 Å². The number of esters is 1. The summed E-state index contributed by atoms with van der Waals surface area (Å²) in [6.45, 7) is -1.01. The van der Waals surface area contributed by atoms with E-state index in [0.717, 1.165) is 47.1 Å². The standard InChI is InChI=1S/C31H36F8N2O4S/c1-3-4-5-6-19-7-10-22(24(15-19)43-2)26-16-20-8-9-21(17-25(20)46-26)44-13-11-28(32,33)30(36,37)31(38,39)29(34,35)12-14-45-27(42)23(41)18-40/h7-10,15-17,23H,3-6,11-14,18,40-41H2,1-2H3. The van der Waals surface area contributed by atoms with Crippen LogP contribution in [0.2, 0.25) is 0 Å². The molecule has 0 aliphatic heterocycles. The fraction of sp³-hybridized carbons (Fsp3) is 0.516. The van der Waals surface area contributed by atoms with E-state index in [1.807, 2.05) is 24.3 Å². The van der Waals surface area contributed by atoms with E-state index in [9.17, 15) is 39.9 Å². The minimum atomic E-state index is -6.51. The van der Waals surface area contributed by atoms with E-state index in [0.29, 0.717) is 10.4 Å². The first kappa shape index (κ1) is 37.3. The Labute approximate surface area is 265 Å². The van der Waals surface area contributed by atoms with Gasteiger partial charge in [0.25, 0.3) is 0 Å². The molecule has 0 saturated carbocycles. The van der Waals surface area contributed by atoms with Crippen LogP contribution in [-0.2, 0) is 16.0 Å². The predicted octanol–water partition coefficient (Wildman–Crippen LogP) is 7.84. The molecule has 0 aliphatic carbocycles. The number of aryl methyl sites for hydroxylation is 1. The Balaban J connectivity index is 1.67. The first-order chi connectivity index (χ1) is 21.5. The maximum absolute atomic E-state index is 14.4. The fourth-order valence-electron chi connectivity index (χ4n) is 4.46. The second-order valence-electron chi connectivity index (χ2n) is 10.7. The molecule has 1 aromatic heterocycles. The highest BCUT2D eigenvalue weighted by Crippen LogP contribution is 2.54. The van der Waals surface area contributed by atoms with E-state index in [4.69, 9.17) is 20.9 Å². The van der Waals surface area contributed by atoms with Crippen molar-refractivity contribution in [1.82, 2.24) is 0 Å². The van der Waals surface area contributed by atoms with Gasteiger partial charge in [-0.05, 0) is 60.2 Å². The highest BCUT2D eigenvalue weighted by molar-refractivity contribution is 7.22. The SMILES string of the molecule is CCCCCc1ccc(-c2cc3ccc(OCCC(F)(F)C(F)(F)C(F)(F)C(F)(F)CCOC(=O)C(N)CN)cc3s2)c(OC)c1. The van der Waals surface area contributed by atoms with Gasteiger partial charge in [-0.1, -0.05) is 25.8 Å². The topological polar surface area (TPSA) is 96.8 Å². The van der Waals surface area contributed by atoms with Crippen LogP contribution in [0.5, 0.6) is 11.5 Å². The molecule has 0 bridgehead atoms. The molecule has 0 fully saturated rings. The summed E-state index contributed by atoms with van der Waals surface area (Å²) in [4.78, 5) is 12.2. The lowest BCUT2D eigenvalue weighted by Gasteiger charge is -2.36. The van der Waals surface area contributed by atoms with Gasteiger partial charge in [0, 0.05) is 21.7 Å². The maximum atomic E-state index is 14.4. The van der Waals surface area contributed by atoms with Crippen LogP contribution >= 0.6 is 11.3 Å². The zero-order valence-electron chi connectivity index (χ0n) is 25.2. The number of hydrogen-bond acceptors (Lipinski definition) is 7. The number of nitrogens with two attached hydrogens (primary N) is 2. The summed E-state index contributed by atoms with van der Waals surface area (Å²) in [6.07, 6.45) is 0.00341. The van der Waals surface area contributed by atoms with Gasteiger partial charge in [-0.25, -0.2) is 0 Å². The van der Waals surface area contributed by atoms with Crippen molar-refractivity contribution in [1.29, 1.82) is 0 Å². The molecule has 4 N–H and O–H groups in total. The molecule has 3 rings (SSSR count). The van der Waals surface area contributed by atoms with Gasteiger partial charge in [-0.2, -0.15) is 35.1 Å². The first-order valence-corrected chi connectivity index (χ1v) is 15.3. The van der Waals surface area contributed by atoms with E-state index in [1.165, 1.54) is 23.5 Å². The van der Waals surface area contributed by atoms with Crippen LogP contribution in [0.1, 0.15) is 44.6 Å². The Morgan fingerprint density at radius 1 is 0.891 bits per heavy atom. The van der Waals surface area contributed by atoms with Crippen molar-refractivity contribution in [2.45, 2.75) is 75.2 Å². The summed E-state index contributed by atoms with van der Waals surface area (Å²) < 4.78 is 130. The quantitative estimate of drug-likeness (QED) is 0.0806. The van der Waals surface area contributed by atoms with Crippen molar-refractivity contribution >= 4 is 27.4 Å². The average molecular weight is 685 g/mol. The first-order valence-electron chi connectivity index (χ1n) is 14.5. The van der Waals surface area contributed by atoms with Crippen molar-refractivity contribution in [2.75, 3.05) is 26.9 Å². The Hall–Kier alpha value is -3.17. The molecule has 1 unspecified atom stereocenters. The number of benzene rings is 2. The highest BCUT2D eigenvalue weighted by atomic mass is 32.1. The van der Waals surface area contributed by atoms with Crippen molar-refractivity contribution in [3.63, 3.8) is 0 Å². The lowest BCUT2D eigenvalue weighted by Crippen LogP contribution is -2.62. The van der Waals surface area contributed by atoms with E-state index in [-0.39, 0.29) is 5.75 Å². The maximum Gasteiger partial charge on any atom is 0.378 e. The van der Waals surface area contributed by atoms with Gasteiger partial charge in [0.2, 0.25) is 0 Å². The number of halogens is 8.